The van der Waals surface area contributed by atoms with Crippen LogP contribution in [0.5, 0.6) is 0 Å². The van der Waals surface area contributed by atoms with Crippen LogP contribution in [0.1, 0.15) is 6.92 Å². The number of urea groups is 1. The van der Waals surface area contributed by atoms with Crippen LogP contribution in [-0.2, 0) is 10.8 Å². The van der Waals surface area contributed by atoms with Crippen LogP contribution in [-0.4, -0.2) is 58.2 Å². The molecule has 1 fully saturated rings. The highest BCUT2D eigenvalue weighted by Gasteiger charge is 2.27. The summed E-state index contributed by atoms with van der Waals surface area (Å²) in [5, 5.41) is 0. The minimum atomic E-state index is -0.733. The lowest BCUT2D eigenvalue weighted by molar-refractivity contribution is 0.159. The van der Waals surface area contributed by atoms with E-state index in [2.05, 4.69) is 0 Å². The van der Waals surface area contributed by atoms with Gasteiger partial charge in [-0.15, -0.1) is 0 Å². The summed E-state index contributed by atoms with van der Waals surface area (Å²) >= 11 is 0. The maximum absolute atomic E-state index is 11.6. The largest absolute Gasteiger partial charge is 0.331 e. The van der Waals surface area contributed by atoms with Crippen molar-refractivity contribution in [3.63, 3.8) is 0 Å². The number of hydrogen-bond acceptors (Lipinski definition) is 2. The van der Waals surface area contributed by atoms with Crippen molar-refractivity contribution >= 4 is 16.8 Å². The number of amides is 2. The van der Waals surface area contributed by atoms with Crippen molar-refractivity contribution in [2.45, 2.75) is 13.0 Å². The first-order valence-corrected chi connectivity index (χ1v) is 5.84. The van der Waals surface area contributed by atoms with E-state index in [9.17, 15) is 9.00 Å². The van der Waals surface area contributed by atoms with Crippen molar-refractivity contribution in [3.05, 3.63) is 0 Å². The standard InChI is InChI=1S/C8H16N2O2S/c1-7-6-13(12)5-4-10(7)8(11)9(2)3/h7H,4-6H2,1-3H3. The third kappa shape index (κ3) is 2.43. The average molecular weight is 204 g/mol. The van der Waals surface area contributed by atoms with E-state index in [1.165, 1.54) is 0 Å². The normalized spacial score (nSPS) is 28.7. The average Bonchev–Trinajstić information content (AvgIpc) is 2.03. The molecule has 1 rings (SSSR count). The molecule has 0 saturated carbocycles. The van der Waals surface area contributed by atoms with Gasteiger partial charge in [-0.1, -0.05) is 0 Å². The predicted octanol–water partition coefficient (Wildman–Crippen LogP) is 0.121. The summed E-state index contributed by atoms with van der Waals surface area (Å²) in [6.45, 7) is 2.56. The van der Waals surface area contributed by atoms with Gasteiger partial charge in [-0.25, -0.2) is 4.79 Å². The zero-order valence-corrected chi connectivity index (χ0v) is 9.13. The lowest BCUT2D eigenvalue weighted by atomic mass is 10.3. The summed E-state index contributed by atoms with van der Waals surface area (Å²) < 4.78 is 11.2. The molecule has 1 aliphatic rings. The van der Waals surface area contributed by atoms with E-state index in [-0.39, 0.29) is 12.1 Å². The monoisotopic (exact) mass is 204 g/mol. The molecule has 76 valence electrons. The Morgan fingerprint density at radius 1 is 1.54 bits per heavy atom. The SMILES string of the molecule is CC1CS(=O)CCN1C(=O)N(C)C. The number of hydrogen-bond donors (Lipinski definition) is 0. The Labute approximate surface area is 81.3 Å². The first kappa shape index (κ1) is 10.5. The number of nitrogens with zero attached hydrogens (tertiary/aromatic N) is 2. The van der Waals surface area contributed by atoms with Gasteiger partial charge in [-0.05, 0) is 6.92 Å². The van der Waals surface area contributed by atoms with Gasteiger partial charge in [0.25, 0.3) is 0 Å². The summed E-state index contributed by atoms with van der Waals surface area (Å²) in [6.07, 6.45) is 0. The van der Waals surface area contributed by atoms with Gasteiger partial charge < -0.3 is 9.80 Å². The second-order valence-corrected chi connectivity index (χ2v) is 5.15. The summed E-state index contributed by atoms with van der Waals surface area (Å²) in [5.41, 5.74) is 0. The highest BCUT2D eigenvalue weighted by atomic mass is 32.2. The molecule has 1 saturated heterocycles. The summed E-state index contributed by atoms with van der Waals surface area (Å²) in [6, 6.07) is 0.119. The van der Waals surface area contributed by atoms with Crippen molar-refractivity contribution in [3.8, 4) is 0 Å². The van der Waals surface area contributed by atoms with Gasteiger partial charge in [-0.2, -0.15) is 0 Å². The van der Waals surface area contributed by atoms with Crippen LogP contribution < -0.4 is 0 Å². The molecular weight excluding hydrogens is 188 g/mol. The van der Waals surface area contributed by atoms with E-state index in [1.54, 1.807) is 23.9 Å². The number of carbonyl (C=O) groups is 1. The maximum atomic E-state index is 11.6. The molecule has 2 atom stereocenters. The molecule has 1 aliphatic heterocycles. The van der Waals surface area contributed by atoms with Crippen LogP contribution in [0.15, 0.2) is 0 Å². The van der Waals surface area contributed by atoms with Crippen LogP contribution in [0.3, 0.4) is 0 Å². The number of carbonyl (C=O) groups excluding carboxylic acids is 1. The Kier molecular flexibility index (Phi) is 3.30. The Bertz CT molecular complexity index is 230. The van der Waals surface area contributed by atoms with Crippen LogP contribution in [0.25, 0.3) is 0 Å². The molecule has 0 aromatic carbocycles. The second-order valence-electron chi connectivity index (χ2n) is 3.53. The van der Waals surface area contributed by atoms with Gasteiger partial charge in [0.05, 0.1) is 0 Å². The smallest absolute Gasteiger partial charge is 0.319 e. The van der Waals surface area contributed by atoms with Crippen molar-refractivity contribution in [1.29, 1.82) is 0 Å². The first-order valence-electron chi connectivity index (χ1n) is 4.35. The molecule has 0 aromatic rings. The highest BCUT2D eigenvalue weighted by Crippen LogP contribution is 2.10. The molecule has 0 aromatic heterocycles. The highest BCUT2D eigenvalue weighted by molar-refractivity contribution is 7.85. The molecule has 5 heteroatoms. The van der Waals surface area contributed by atoms with Crippen molar-refractivity contribution in [2.24, 2.45) is 0 Å². The minimum Gasteiger partial charge on any atom is -0.331 e. The summed E-state index contributed by atoms with van der Waals surface area (Å²) in [4.78, 5) is 14.9. The zero-order chi connectivity index (χ0) is 10.0. The van der Waals surface area contributed by atoms with Crippen molar-refractivity contribution < 1.29 is 9.00 Å². The van der Waals surface area contributed by atoms with Gasteiger partial charge in [-0.3, -0.25) is 4.21 Å². The molecule has 0 radical (unpaired) electrons. The van der Waals surface area contributed by atoms with E-state index < -0.39 is 10.8 Å². The first-order chi connectivity index (χ1) is 6.02. The van der Waals surface area contributed by atoms with E-state index in [0.717, 1.165) is 0 Å². The molecule has 1 heterocycles. The molecule has 2 amide bonds. The lowest BCUT2D eigenvalue weighted by Crippen LogP contribution is -2.51. The predicted molar refractivity (Wildman–Crippen MR) is 53.1 cm³/mol. The van der Waals surface area contributed by atoms with Gasteiger partial charge in [0.2, 0.25) is 0 Å². The van der Waals surface area contributed by atoms with E-state index >= 15 is 0 Å². The molecule has 0 spiro atoms. The number of rotatable bonds is 0. The van der Waals surface area contributed by atoms with Crippen LogP contribution in [0, 0.1) is 0 Å². The molecule has 13 heavy (non-hydrogen) atoms. The van der Waals surface area contributed by atoms with E-state index in [1.807, 2.05) is 6.92 Å². The van der Waals surface area contributed by atoms with Gasteiger partial charge in [0.1, 0.15) is 0 Å². The van der Waals surface area contributed by atoms with Crippen molar-refractivity contribution in [1.82, 2.24) is 9.80 Å². The molecule has 0 N–H and O–H groups in total. The Balaban J connectivity index is 2.61. The fourth-order valence-corrected chi connectivity index (χ4v) is 2.69. The quantitative estimate of drug-likeness (QED) is 0.562. The molecule has 0 aliphatic carbocycles. The Hall–Kier alpha value is -0.580. The molecule has 2 unspecified atom stereocenters. The topological polar surface area (TPSA) is 40.6 Å². The lowest BCUT2D eigenvalue weighted by Gasteiger charge is -2.34. The fraction of sp³-hybridized carbons (Fsp3) is 0.875. The Morgan fingerprint density at radius 2 is 2.15 bits per heavy atom. The fourth-order valence-electron chi connectivity index (χ4n) is 1.40. The minimum absolute atomic E-state index is 0.0178. The second kappa shape index (κ2) is 4.09. The van der Waals surface area contributed by atoms with Gasteiger partial charge in [0.15, 0.2) is 0 Å². The van der Waals surface area contributed by atoms with Crippen LogP contribution in [0.4, 0.5) is 4.79 Å². The van der Waals surface area contributed by atoms with E-state index in [4.69, 9.17) is 0 Å². The Morgan fingerprint density at radius 3 is 2.62 bits per heavy atom. The maximum Gasteiger partial charge on any atom is 0.319 e. The third-order valence-electron chi connectivity index (χ3n) is 2.15. The van der Waals surface area contributed by atoms with Crippen molar-refractivity contribution in [2.75, 3.05) is 32.1 Å². The molecule has 0 bridgehead atoms. The van der Waals surface area contributed by atoms with Gasteiger partial charge >= 0.3 is 6.03 Å². The van der Waals surface area contributed by atoms with E-state index in [0.29, 0.717) is 18.1 Å². The zero-order valence-electron chi connectivity index (χ0n) is 8.32. The van der Waals surface area contributed by atoms with Crippen LogP contribution in [0.2, 0.25) is 0 Å². The van der Waals surface area contributed by atoms with Gasteiger partial charge in [0, 0.05) is 49.0 Å². The molecule has 4 nitrogen and oxygen atoms in total. The molecular formula is C8H16N2O2S. The van der Waals surface area contributed by atoms with Crippen LogP contribution >= 0.6 is 0 Å². The summed E-state index contributed by atoms with van der Waals surface area (Å²) in [5.74, 6) is 1.23. The third-order valence-corrected chi connectivity index (χ3v) is 3.64. The summed E-state index contributed by atoms with van der Waals surface area (Å²) in [7, 11) is 2.74.